The third-order valence-corrected chi connectivity index (χ3v) is 9.19. The van der Waals surface area contributed by atoms with Crippen LogP contribution in [0, 0.1) is 6.07 Å². The van der Waals surface area contributed by atoms with E-state index < -0.39 is 0 Å². The van der Waals surface area contributed by atoms with Gasteiger partial charge in [0, 0.05) is 38.5 Å². The van der Waals surface area contributed by atoms with Crippen LogP contribution in [0.1, 0.15) is 79.0 Å². The summed E-state index contributed by atoms with van der Waals surface area (Å²) in [5.41, 5.74) is 10.2. The normalized spacial score (nSPS) is 11.9. The molecule has 4 nitrogen and oxygen atoms in total. The summed E-state index contributed by atoms with van der Waals surface area (Å²) in [6.45, 7) is 20.2. The van der Waals surface area contributed by atoms with Crippen LogP contribution >= 0.6 is 0 Å². The third-order valence-electron chi connectivity index (χ3n) is 9.19. The molecule has 0 radical (unpaired) electrons. The molecule has 4 aromatic carbocycles. The summed E-state index contributed by atoms with van der Waals surface area (Å²) < 4.78 is 0. The van der Waals surface area contributed by atoms with E-state index in [4.69, 9.17) is 9.97 Å². The van der Waals surface area contributed by atoms with Crippen molar-refractivity contribution in [3.8, 4) is 39.4 Å². The molecule has 2 aromatic heterocycles. The van der Waals surface area contributed by atoms with E-state index in [1.165, 1.54) is 16.7 Å². The summed E-state index contributed by atoms with van der Waals surface area (Å²) in [5.74, 6) is 0.986. The van der Waals surface area contributed by atoms with E-state index in [-0.39, 0.29) is 43.1 Å². The molecule has 1 N–H and O–H groups in total. The summed E-state index contributed by atoms with van der Waals surface area (Å²) in [4.78, 5) is 12.2. The molecule has 0 saturated heterocycles. The van der Waals surface area contributed by atoms with Crippen LogP contribution in [0.4, 0.5) is 17.2 Å². The van der Waals surface area contributed by atoms with Gasteiger partial charge in [-0.25, -0.2) is 4.98 Å². The molecule has 2 heterocycles. The van der Waals surface area contributed by atoms with Crippen LogP contribution in [-0.4, -0.2) is 15.1 Å². The number of phenolic OH excluding ortho intramolecular Hbond substituents is 1. The molecule has 0 fully saturated rings. The molecule has 0 bridgehead atoms. The van der Waals surface area contributed by atoms with Gasteiger partial charge in [0.05, 0.1) is 17.1 Å². The van der Waals surface area contributed by atoms with Crippen molar-refractivity contribution in [1.82, 2.24) is 9.97 Å². The van der Waals surface area contributed by atoms with Gasteiger partial charge >= 0.3 is 0 Å². The van der Waals surface area contributed by atoms with E-state index in [2.05, 4.69) is 110 Å². The van der Waals surface area contributed by atoms with Crippen LogP contribution in [0.3, 0.4) is 0 Å². The zero-order chi connectivity index (χ0) is 35.8. The Balaban J connectivity index is 0.00000504. The van der Waals surface area contributed by atoms with E-state index in [0.29, 0.717) is 0 Å². The van der Waals surface area contributed by atoms with Crippen LogP contribution in [-0.2, 0) is 37.3 Å². The minimum atomic E-state index is -0.0799. The maximum Gasteiger partial charge on any atom is 0.136 e. The summed E-state index contributed by atoms with van der Waals surface area (Å²) in [5, 5.41) is 11.6. The van der Waals surface area contributed by atoms with Crippen molar-refractivity contribution in [2.45, 2.75) is 78.6 Å². The Morgan fingerprint density at radius 2 is 1.18 bits per heavy atom. The second-order valence-corrected chi connectivity index (χ2v) is 16.2. The van der Waals surface area contributed by atoms with Gasteiger partial charge in [-0.05, 0) is 80.6 Å². The zero-order valence-corrected chi connectivity index (χ0v) is 33.4. The molecule has 0 aliphatic carbocycles. The van der Waals surface area contributed by atoms with Gasteiger partial charge in [0.2, 0.25) is 0 Å². The number of hydrogen-bond acceptors (Lipinski definition) is 4. The fourth-order valence-corrected chi connectivity index (χ4v) is 6.08. The maximum atomic E-state index is 11.6. The second kappa shape index (κ2) is 14.6. The van der Waals surface area contributed by atoms with Gasteiger partial charge in [0.15, 0.2) is 0 Å². The van der Waals surface area contributed by atoms with Gasteiger partial charge in [0.1, 0.15) is 5.82 Å². The Morgan fingerprint density at radius 3 is 1.82 bits per heavy atom. The van der Waals surface area contributed by atoms with Crippen molar-refractivity contribution in [3.63, 3.8) is 0 Å². The average Bonchev–Trinajstić information content (AvgIpc) is 3.08. The molecule has 6 rings (SSSR count). The Hall–Kier alpha value is -4.53. The number of aromatic nitrogens is 2. The Kier molecular flexibility index (Phi) is 10.8. The molecule has 0 atom stereocenters. The quantitative estimate of drug-likeness (QED) is 0.170. The fourth-order valence-electron chi connectivity index (χ4n) is 6.08. The number of benzene rings is 4. The number of nitrogens with zero attached hydrogens (tertiary/aromatic N) is 3. The molecule has 0 spiro atoms. The van der Waals surface area contributed by atoms with Crippen molar-refractivity contribution in [2.24, 2.45) is 0 Å². The minimum absolute atomic E-state index is 0. The fraction of sp³-hybridized carbons (Fsp3) is 0.261. The average molecular weight is 854 g/mol. The van der Waals surface area contributed by atoms with Crippen LogP contribution in [0.15, 0.2) is 121 Å². The maximum absolute atomic E-state index is 11.6. The molecular weight excluding hydrogens is 806 g/mol. The summed E-state index contributed by atoms with van der Waals surface area (Å²) in [7, 11) is 0. The Labute approximate surface area is 318 Å². The number of phenols is 1. The van der Waals surface area contributed by atoms with Crippen LogP contribution in [0.5, 0.6) is 5.75 Å². The number of hydrogen-bond donors (Lipinski definition) is 1. The first-order chi connectivity index (χ1) is 23.6. The first-order valence-corrected chi connectivity index (χ1v) is 17.4. The van der Waals surface area contributed by atoms with Crippen molar-refractivity contribution < 1.29 is 26.2 Å². The van der Waals surface area contributed by atoms with Gasteiger partial charge in [-0.2, -0.15) is 0 Å². The van der Waals surface area contributed by atoms with Gasteiger partial charge in [-0.1, -0.05) is 129 Å². The molecule has 0 saturated carbocycles. The third kappa shape index (κ3) is 8.34. The molecule has 0 aliphatic heterocycles. The van der Waals surface area contributed by atoms with E-state index in [1.54, 1.807) is 0 Å². The first-order valence-electron chi connectivity index (χ1n) is 17.4. The van der Waals surface area contributed by atoms with Gasteiger partial charge in [-0.15, -0.1) is 29.8 Å². The Morgan fingerprint density at radius 1 is 0.569 bits per heavy atom. The molecule has 0 unspecified atom stereocenters. The molecule has 6 aromatic rings. The molecule has 51 heavy (non-hydrogen) atoms. The summed E-state index contributed by atoms with van der Waals surface area (Å²) in [6.07, 6.45) is 1.87. The predicted octanol–water partition coefficient (Wildman–Crippen LogP) is 12.3. The zero-order valence-electron chi connectivity index (χ0n) is 31.2. The van der Waals surface area contributed by atoms with Crippen molar-refractivity contribution >= 4 is 17.2 Å². The molecular formula is C46H48N3OPt-. The molecule has 0 aliphatic rings. The van der Waals surface area contributed by atoms with Gasteiger partial charge < -0.3 is 10.0 Å². The summed E-state index contributed by atoms with van der Waals surface area (Å²) >= 11 is 0. The van der Waals surface area contributed by atoms with Crippen molar-refractivity contribution in [1.29, 1.82) is 0 Å². The van der Waals surface area contributed by atoms with Crippen LogP contribution in [0.25, 0.3) is 33.6 Å². The predicted molar refractivity (Wildman–Crippen MR) is 210 cm³/mol. The van der Waals surface area contributed by atoms with Crippen LogP contribution in [0.2, 0.25) is 0 Å². The number of rotatable bonds is 6. The van der Waals surface area contributed by atoms with E-state index >= 15 is 0 Å². The topological polar surface area (TPSA) is 49.2 Å². The molecule has 0 amide bonds. The number of para-hydroxylation sites is 1. The second-order valence-electron chi connectivity index (χ2n) is 16.2. The number of anilines is 3. The molecule has 264 valence electrons. The van der Waals surface area contributed by atoms with Gasteiger partial charge in [-0.3, -0.25) is 4.98 Å². The van der Waals surface area contributed by atoms with Crippen LogP contribution < -0.4 is 4.90 Å². The van der Waals surface area contributed by atoms with Crippen molar-refractivity contribution in [3.05, 3.63) is 144 Å². The first kappa shape index (κ1) is 37.7. The molecule has 5 heteroatoms. The number of aromatic hydroxyl groups is 1. The Bertz CT molecular complexity index is 2100. The van der Waals surface area contributed by atoms with Gasteiger partial charge in [0.25, 0.3) is 0 Å². The van der Waals surface area contributed by atoms with E-state index in [1.807, 2.05) is 85.1 Å². The van der Waals surface area contributed by atoms with E-state index in [0.717, 1.165) is 50.8 Å². The van der Waals surface area contributed by atoms with Crippen molar-refractivity contribution in [2.75, 3.05) is 4.90 Å². The number of pyridine rings is 2. The summed E-state index contributed by atoms with van der Waals surface area (Å²) in [6, 6.07) is 42.9. The monoisotopic (exact) mass is 853 g/mol. The SMILES string of the molecule is CC(C)(C)c1cc(N(c2[c-]c(-c3cccc(-c4ccccc4)c3O)ccc2)c2cccc(-c3cc(C(C)(C)C)ccn3)n2)cc(C(C)(C)C)c1.[Pt]. The standard InChI is InChI=1S/C46H48N3O.Pt/c1-44(2,3)33-24-25-47-41(30-33)40-22-15-23-42(48-40)49(37-28-34(45(4,5)6)27-35(29-37)46(7,8)9)36-19-13-18-32(26-36)39-21-14-20-38(43(39)50)31-16-11-10-12-17-31;/h10-25,27-30,50H,1-9H3;/q-1;. The minimum Gasteiger partial charge on any atom is -0.516 e. The van der Waals surface area contributed by atoms with E-state index in [9.17, 15) is 5.11 Å². The largest absolute Gasteiger partial charge is 0.516 e. The smallest absolute Gasteiger partial charge is 0.136 e.